The van der Waals surface area contributed by atoms with E-state index in [1.54, 1.807) is 37.4 Å². The van der Waals surface area contributed by atoms with Gasteiger partial charge in [0.2, 0.25) is 0 Å². The Bertz CT molecular complexity index is 385. The number of carbonyl (C=O) groups is 1. The van der Waals surface area contributed by atoms with Crippen molar-refractivity contribution in [2.75, 3.05) is 7.11 Å². The van der Waals surface area contributed by atoms with Gasteiger partial charge < -0.3 is 4.74 Å². The van der Waals surface area contributed by atoms with Gasteiger partial charge in [0.1, 0.15) is 11.8 Å². The van der Waals surface area contributed by atoms with Gasteiger partial charge in [0.25, 0.3) is 0 Å². The van der Waals surface area contributed by atoms with E-state index in [-0.39, 0.29) is 5.57 Å². The number of benzene rings is 1. The Labute approximate surface area is 82.2 Å². The van der Waals surface area contributed by atoms with Crippen LogP contribution in [0.5, 0.6) is 5.75 Å². The molecule has 0 unspecified atom stereocenters. The van der Waals surface area contributed by atoms with E-state index in [1.807, 2.05) is 0 Å². The van der Waals surface area contributed by atoms with E-state index in [4.69, 9.17) is 10.00 Å². The number of nitrogens with zero attached hydrogens (tertiary/aromatic N) is 1. The van der Waals surface area contributed by atoms with Gasteiger partial charge in [0.15, 0.2) is 6.29 Å². The average Bonchev–Trinajstić information content (AvgIpc) is 2.26. The zero-order valence-corrected chi connectivity index (χ0v) is 7.73. The largest absolute Gasteiger partial charge is 0.497 e. The third-order valence-electron chi connectivity index (χ3n) is 1.69. The maximum absolute atomic E-state index is 10.3. The number of rotatable bonds is 3. The average molecular weight is 187 g/mol. The maximum atomic E-state index is 10.3. The summed E-state index contributed by atoms with van der Waals surface area (Å²) < 4.78 is 4.97. The van der Waals surface area contributed by atoms with Crippen molar-refractivity contribution in [3.8, 4) is 11.8 Å². The fraction of sp³-hybridized carbons (Fsp3) is 0.0909. The zero-order valence-electron chi connectivity index (χ0n) is 7.73. The molecule has 0 saturated carbocycles. The number of carbonyl (C=O) groups excluding carboxylic acids is 1. The first-order valence-corrected chi connectivity index (χ1v) is 4.01. The summed E-state index contributed by atoms with van der Waals surface area (Å²) in [5.74, 6) is 0.742. The highest BCUT2D eigenvalue weighted by atomic mass is 16.5. The van der Waals surface area contributed by atoms with E-state index in [0.29, 0.717) is 6.29 Å². The van der Waals surface area contributed by atoms with Crippen molar-refractivity contribution in [1.82, 2.24) is 0 Å². The molecule has 3 nitrogen and oxygen atoms in total. The van der Waals surface area contributed by atoms with Gasteiger partial charge in [-0.15, -0.1) is 0 Å². The Kier molecular flexibility index (Phi) is 3.45. The summed E-state index contributed by atoms with van der Waals surface area (Å²) in [6.45, 7) is 0. The van der Waals surface area contributed by atoms with E-state index in [1.165, 1.54) is 6.08 Å². The highest BCUT2D eigenvalue weighted by molar-refractivity contribution is 5.86. The number of nitriles is 1. The summed E-state index contributed by atoms with van der Waals surface area (Å²) in [7, 11) is 1.58. The molecule has 0 N–H and O–H groups in total. The summed E-state index contributed by atoms with van der Waals surface area (Å²) in [6.07, 6.45) is 2.05. The Balaban J connectivity index is 2.94. The highest BCUT2D eigenvalue weighted by Gasteiger charge is 1.94. The molecule has 0 aliphatic rings. The molecule has 1 aromatic carbocycles. The molecular weight excluding hydrogens is 178 g/mol. The highest BCUT2D eigenvalue weighted by Crippen LogP contribution is 2.13. The van der Waals surface area contributed by atoms with E-state index in [9.17, 15) is 4.79 Å². The number of hydrogen-bond donors (Lipinski definition) is 0. The van der Waals surface area contributed by atoms with Crippen LogP contribution in [-0.4, -0.2) is 13.4 Å². The summed E-state index contributed by atoms with van der Waals surface area (Å²) >= 11 is 0. The van der Waals surface area contributed by atoms with Gasteiger partial charge in [-0.25, -0.2) is 0 Å². The number of methoxy groups -OCH3 is 1. The van der Waals surface area contributed by atoms with E-state index in [2.05, 4.69) is 0 Å². The first-order chi connectivity index (χ1) is 6.80. The second-order valence-corrected chi connectivity index (χ2v) is 2.60. The minimum absolute atomic E-state index is 0.107. The second-order valence-electron chi connectivity index (χ2n) is 2.60. The maximum Gasteiger partial charge on any atom is 0.160 e. The van der Waals surface area contributed by atoms with Crippen LogP contribution < -0.4 is 4.74 Å². The van der Waals surface area contributed by atoms with Crippen molar-refractivity contribution in [1.29, 1.82) is 5.26 Å². The van der Waals surface area contributed by atoms with Gasteiger partial charge in [0, 0.05) is 0 Å². The van der Waals surface area contributed by atoms with Crippen molar-refractivity contribution in [3.63, 3.8) is 0 Å². The predicted molar refractivity (Wildman–Crippen MR) is 52.6 cm³/mol. The smallest absolute Gasteiger partial charge is 0.160 e. The number of aldehydes is 1. The summed E-state index contributed by atoms with van der Waals surface area (Å²) in [6, 6.07) is 8.88. The Morgan fingerprint density at radius 1 is 1.43 bits per heavy atom. The van der Waals surface area contributed by atoms with Gasteiger partial charge in [-0.05, 0) is 23.8 Å². The molecule has 0 aliphatic carbocycles. The number of allylic oxidation sites excluding steroid dienone is 1. The van der Waals surface area contributed by atoms with E-state index >= 15 is 0 Å². The fourth-order valence-corrected chi connectivity index (χ4v) is 0.972. The SMILES string of the molecule is COc1ccc(/C=C(\C#N)C=O)cc1. The van der Waals surface area contributed by atoms with Crippen LogP contribution in [-0.2, 0) is 4.79 Å². The van der Waals surface area contributed by atoms with Gasteiger partial charge in [-0.3, -0.25) is 4.79 Å². The van der Waals surface area contributed by atoms with Crippen LogP contribution in [0.25, 0.3) is 6.08 Å². The minimum Gasteiger partial charge on any atom is -0.497 e. The lowest BCUT2D eigenvalue weighted by molar-refractivity contribution is -0.104. The normalized spacial score (nSPS) is 10.4. The molecule has 0 aliphatic heterocycles. The third kappa shape index (κ3) is 2.46. The molecule has 0 radical (unpaired) electrons. The van der Waals surface area contributed by atoms with Gasteiger partial charge in [-0.1, -0.05) is 12.1 Å². The molecule has 1 rings (SSSR count). The Morgan fingerprint density at radius 2 is 2.07 bits per heavy atom. The van der Waals surface area contributed by atoms with Gasteiger partial charge in [0.05, 0.1) is 12.7 Å². The molecule has 70 valence electrons. The lowest BCUT2D eigenvalue weighted by Gasteiger charge is -1.98. The van der Waals surface area contributed by atoms with Crippen molar-refractivity contribution < 1.29 is 9.53 Å². The summed E-state index contributed by atoms with van der Waals surface area (Å²) in [5.41, 5.74) is 0.907. The van der Waals surface area contributed by atoms with Crippen LogP contribution in [0.2, 0.25) is 0 Å². The van der Waals surface area contributed by atoms with Gasteiger partial charge in [-0.2, -0.15) is 5.26 Å². The molecule has 0 saturated heterocycles. The molecule has 3 heteroatoms. The van der Waals surface area contributed by atoms with Crippen molar-refractivity contribution in [2.45, 2.75) is 0 Å². The lowest BCUT2D eigenvalue weighted by atomic mass is 10.1. The van der Waals surface area contributed by atoms with Crippen LogP contribution in [0.4, 0.5) is 0 Å². The molecule has 1 aromatic rings. The molecule has 0 heterocycles. The van der Waals surface area contributed by atoms with Crippen LogP contribution >= 0.6 is 0 Å². The molecule has 0 amide bonds. The zero-order chi connectivity index (χ0) is 10.4. The molecule has 14 heavy (non-hydrogen) atoms. The third-order valence-corrected chi connectivity index (χ3v) is 1.69. The molecule has 0 atom stereocenters. The summed E-state index contributed by atoms with van der Waals surface area (Å²) in [4.78, 5) is 10.3. The van der Waals surface area contributed by atoms with E-state index in [0.717, 1.165) is 11.3 Å². The molecule has 0 fully saturated rings. The van der Waals surface area contributed by atoms with Crippen molar-refractivity contribution >= 4 is 12.4 Å². The number of ether oxygens (including phenoxy) is 1. The second kappa shape index (κ2) is 4.83. The molecule has 0 bridgehead atoms. The topological polar surface area (TPSA) is 50.1 Å². The Morgan fingerprint density at radius 3 is 2.50 bits per heavy atom. The van der Waals surface area contributed by atoms with Crippen LogP contribution in [0, 0.1) is 11.3 Å². The van der Waals surface area contributed by atoms with Crippen LogP contribution in [0.15, 0.2) is 29.8 Å². The lowest BCUT2D eigenvalue weighted by Crippen LogP contribution is -1.83. The molecular formula is C11H9NO2. The first kappa shape index (κ1) is 10.0. The standard InChI is InChI=1S/C11H9NO2/c1-14-11-4-2-9(3-5-11)6-10(7-12)8-13/h2-6,8H,1H3/b10-6+. The molecule has 0 aromatic heterocycles. The quantitative estimate of drug-likeness (QED) is 0.412. The number of hydrogen-bond acceptors (Lipinski definition) is 3. The minimum atomic E-state index is 0.107. The Hall–Kier alpha value is -2.08. The summed E-state index contributed by atoms with van der Waals surface area (Å²) in [5, 5.41) is 8.51. The monoisotopic (exact) mass is 187 g/mol. The predicted octanol–water partition coefficient (Wildman–Crippen LogP) is 1.80. The van der Waals surface area contributed by atoms with Gasteiger partial charge >= 0.3 is 0 Å². The first-order valence-electron chi connectivity index (χ1n) is 4.01. The van der Waals surface area contributed by atoms with E-state index < -0.39 is 0 Å². The fourth-order valence-electron chi connectivity index (χ4n) is 0.972. The van der Waals surface area contributed by atoms with Crippen molar-refractivity contribution in [2.24, 2.45) is 0 Å². The van der Waals surface area contributed by atoms with Crippen LogP contribution in [0.3, 0.4) is 0 Å². The molecule has 0 spiro atoms. The van der Waals surface area contributed by atoms with Crippen molar-refractivity contribution in [3.05, 3.63) is 35.4 Å². The van der Waals surface area contributed by atoms with Crippen LogP contribution in [0.1, 0.15) is 5.56 Å².